The van der Waals surface area contributed by atoms with Gasteiger partial charge in [-0.1, -0.05) is 0 Å². The Kier molecular flexibility index (Phi) is 3.38. The smallest absolute Gasteiger partial charge is 0.194 e. The number of aromatic nitrogens is 1. The van der Waals surface area contributed by atoms with E-state index >= 15 is 0 Å². The highest BCUT2D eigenvalue weighted by atomic mass is 19.2. The molecule has 19 heavy (non-hydrogen) atoms. The highest BCUT2D eigenvalue weighted by molar-refractivity contribution is 5.64. The molecule has 96 valence electrons. The summed E-state index contributed by atoms with van der Waals surface area (Å²) in [5.41, 5.74) is 0.904. The molecule has 1 N–H and O–H groups in total. The first-order valence-electron chi connectivity index (χ1n) is 5.30. The molecule has 0 radical (unpaired) electrons. The standard InChI is InChI=1S/C13H8F3N3/c1-7-2-3-18-13(9(7)6-17)19-8-4-10(14)12(16)11(15)5-8/h2-5H,1H3,(H,18,19). The number of pyridine rings is 1. The van der Waals surface area contributed by atoms with Crippen molar-refractivity contribution in [2.75, 3.05) is 5.32 Å². The summed E-state index contributed by atoms with van der Waals surface area (Å²) >= 11 is 0. The number of nitrogens with zero attached hydrogens (tertiary/aromatic N) is 2. The fraction of sp³-hybridized carbons (Fsp3) is 0.0769. The van der Waals surface area contributed by atoms with Crippen LogP contribution >= 0.6 is 0 Å². The highest BCUT2D eigenvalue weighted by Crippen LogP contribution is 2.23. The second kappa shape index (κ2) is 4.98. The van der Waals surface area contributed by atoms with Gasteiger partial charge in [-0.15, -0.1) is 0 Å². The number of hydrogen-bond donors (Lipinski definition) is 1. The molecule has 0 saturated heterocycles. The zero-order chi connectivity index (χ0) is 14.0. The van der Waals surface area contributed by atoms with Crippen LogP contribution < -0.4 is 5.32 Å². The molecule has 1 aromatic carbocycles. The van der Waals surface area contributed by atoms with Crippen LogP contribution in [0.4, 0.5) is 24.7 Å². The van der Waals surface area contributed by atoms with Gasteiger partial charge in [0.25, 0.3) is 0 Å². The van der Waals surface area contributed by atoms with E-state index in [1.54, 1.807) is 13.0 Å². The summed E-state index contributed by atoms with van der Waals surface area (Å²) in [6.45, 7) is 1.71. The topological polar surface area (TPSA) is 48.7 Å². The van der Waals surface area contributed by atoms with Crippen LogP contribution in [0.1, 0.15) is 11.1 Å². The van der Waals surface area contributed by atoms with Gasteiger partial charge in [-0.05, 0) is 18.6 Å². The molecular weight excluding hydrogens is 255 g/mol. The number of nitrogens with one attached hydrogen (secondary N) is 1. The molecule has 0 unspecified atom stereocenters. The molecule has 0 spiro atoms. The minimum atomic E-state index is -1.54. The monoisotopic (exact) mass is 263 g/mol. The highest BCUT2D eigenvalue weighted by Gasteiger charge is 2.12. The minimum Gasteiger partial charge on any atom is -0.339 e. The molecule has 2 rings (SSSR count). The number of nitriles is 1. The van der Waals surface area contributed by atoms with Gasteiger partial charge in [-0.2, -0.15) is 5.26 Å². The van der Waals surface area contributed by atoms with Gasteiger partial charge in [0, 0.05) is 24.0 Å². The van der Waals surface area contributed by atoms with Gasteiger partial charge >= 0.3 is 0 Å². The number of rotatable bonds is 2. The molecule has 0 aliphatic heterocycles. The fourth-order valence-electron chi connectivity index (χ4n) is 1.56. The number of hydrogen-bond acceptors (Lipinski definition) is 3. The number of benzene rings is 1. The Balaban J connectivity index is 2.43. The van der Waals surface area contributed by atoms with Crippen molar-refractivity contribution in [1.82, 2.24) is 4.98 Å². The first-order chi connectivity index (χ1) is 9.02. The Morgan fingerprint density at radius 2 is 1.84 bits per heavy atom. The Morgan fingerprint density at radius 3 is 2.42 bits per heavy atom. The van der Waals surface area contributed by atoms with E-state index < -0.39 is 17.5 Å². The molecule has 3 nitrogen and oxygen atoms in total. The molecule has 6 heteroatoms. The zero-order valence-electron chi connectivity index (χ0n) is 9.84. The average molecular weight is 263 g/mol. The van der Waals surface area contributed by atoms with E-state index in [1.165, 1.54) is 6.20 Å². The molecule has 0 bridgehead atoms. The summed E-state index contributed by atoms with van der Waals surface area (Å²) in [4.78, 5) is 3.92. The Morgan fingerprint density at radius 1 is 1.21 bits per heavy atom. The SMILES string of the molecule is Cc1ccnc(Nc2cc(F)c(F)c(F)c2)c1C#N. The van der Waals surface area contributed by atoms with Crippen molar-refractivity contribution in [2.24, 2.45) is 0 Å². The molecule has 0 fully saturated rings. The van der Waals surface area contributed by atoms with Crippen molar-refractivity contribution in [2.45, 2.75) is 6.92 Å². The molecule has 1 aromatic heterocycles. The van der Waals surface area contributed by atoms with E-state index in [9.17, 15) is 13.2 Å². The van der Waals surface area contributed by atoms with Gasteiger partial charge in [0.2, 0.25) is 0 Å². The third kappa shape index (κ3) is 2.50. The van der Waals surface area contributed by atoms with Crippen LogP contribution in [0, 0.1) is 35.7 Å². The summed E-state index contributed by atoms with van der Waals surface area (Å²) < 4.78 is 38.9. The second-order valence-electron chi connectivity index (χ2n) is 3.84. The van der Waals surface area contributed by atoms with E-state index in [0.29, 0.717) is 5.56 Å². The molecule has 2 aromatic rings. The quantitative estimate of drug-likeness (QED) is 0.844. The summed E-state index contributed by atoms with van der Waals surface area (Å²) in [6, 6.07) is 5.16. The van der Waals surface area contributed by atoms with E-state index in [2.05, 4.69) is 10.3 Å². The van der Waals surface area contributed by atoms with Crippen molar-refractivity contribution in [3.8, 4) is 6.07 Å². The van der Waals surface area contributed by atoms with Crippen LogP contribution in [-0.2, 0) is 0 Å². The van der Waals surface area contributed by atoms with Crippen molar-refractivity contribution < 1.29 is 13.2 Å². The maximum Gasteiger partial charge on any atom is 0.194 e. The Bertz CT molecular complexity index is 654. The van der Waals surface area contributed by atoms with Crippen LogP contribution in [0.15, 0.2) is 24.4 Å². The minimum absolute atomic E-state index is 0.0222. The zero-order valence-corrected chi connectivity index (χ0v) is 9.84. The Labute approximate surface area is 107 Å². The van der Waals surface area contributed by atoms with Crippen molar-refractivity contribution >= 4 is 11.5 Å². The van der Waals surface area contributed by atoms with Gasteiger partial charge in [0.05, 0.1) is 5.56 Å². The lowest BCUT2D eigenvalue weighted by Crippen LogP contribution is -2.01. The molecule has 0 atom stereocenters. The second-order valence-corrected chi connectivity index (χ2v) is 3.84. The van der Waals surface area contributed by atoms with Gasteiger partial charge < -0.3 is 5.32 Å². The first-order valence-corrected chi connectivity index (χ1v) is 5.30. The van der Waals surface area contributed by atoms with Crippen LogP contribution in [0.2, 0.25) is 0 Å². The lowest BCUT2D eigenvalue weighted by atomic mass is 10.1. The number of halogens is 3. The lowest BCUT2D eigenvalue weighted by Gasteiger charge is -2.09. The average Bonchev–Trinajstić information content (AvgIpc) is 2.36. The van der Waals surface area contributed by atoms with E-state index in [-0.39, 0.29) is 17.1 Å². The summed E-state index contributed by atoms with van der Waals surface area (Å²) in [5, 5.41) is 11.6. The van der Waals surface area contributed by atoms with Gasteiger partial charge in [0.1, 0.15) is 11.9 Å². The van der Waals surface area contributed by atoms with Crippen molar-refractivity contribution in [3.63, 3.8) is 0 Å². The van der Waals surface area contributed by atoms with E-state index in [0.717, 1.165) is 12.1 Å². The maximum atomic E-state index is 13.1. The summed E-state index contributed by atoms with van der Waals surface area (Å²) in [6.07, 6.45) is 1.45. The van der Waals surface area contributed by atoms with Crippen LogP contribution in [0.25, 0.3) is 0 Å². The molecule has 0 amide bonds. The predicted octanol–water partition coefficient (Wildman–Crippen LogP) is 3.42. The fourth-order valence-corrected chi connectivity index (χ4v) is 1.56. The molecule has 0 saturated carbocycles. The largest absolute Gasteiger partial charge is 0.339 e. The third-order valence-electron chi connectivity index (χ3n) is 2.52. The Hall–Kier alpha value is -2.55. The summed E-state index contributed by atoms with van der Waals surface area (Å²) in [5.74, 6) is -4.00. The number of anilines is 2. The molecule has 0 aliphatic carbocycles. The molecule has 1 heterocycles. The molecule has 0 aliphatic rings. The van der Waals surface area contributed by atoms with Crippen molar-refractivity contribution in [3.05, 3.63) is 53.0 Å². The van der Waals surface area contributed by atoms with Gasteiger partial charge in [0.15, 0.2) is 17.5 Å². The first kappa shape index (κ1) is 12.9. The maximum absolute atomic E-state index is 13.1. The lowest BCUT2D eigenvalue weighted by molar-refractivity contribution is 0.448. The van der Waals surface area contributed by atoms with Gasteiger partial charge in [-0.25, -0.2) is 18.2 Å². The number of aryl methyl sites for hydroxylation is 1. The van der Waals surface area contributed by atoms with Crippen LogP contribution in [-0.4, -0.2) is 4.98 Å². The van der Waals surface area contributed by atoms with Crippen LogP contribution in [0.5, 0.6) is 0 Å². The van der Waals surface area contributed by atoms with Crippen molar-refractivity contribution in [1.29, 1.82) is 5.26 Å². The third-order valence-corrected chi connectivity index (χ3v) is 2.52. The van der Waals surface area contributed by atoms with Crippen LogP contribution in [0.3, 0.4) is 0 Å². The van der Waals surface area contributed by atoms with Gasteiger partial charge in [-0.3, -0.25) is 0 Å². The summed E-state index contributed by atoms with van der Waals surface area (Å²) in [7, 11) is 0. The van der Waals surface area contributed by atoms with E-state index in [1.807, 2.05) is 6.07 Å². The van der Waals surface area contributed by atoms with E-state index in [4.69, 9.17) is 5.26 Å². The normalized spacial score (nSPS) is 10.1. The molecular formula is C13H8F3N3. The predicted molar refractivity (Wildman–Crippen MR) is 63.3 cm³/mol.